The summed E-state index contributed by atoms with van der Waals surface area (Å²) in [7, 11) is 0. The number of benzene rings is 2. The van der Waals surface area contributed by atoms with Crippen molar-refractivity contribution in [2.75, 3.05) is 0 Å². The topological polar surface area (TPSA) is 52.3 Å². The van der Waals surface area contributed by atoms with Crippen molar-refractivity contribution < 1.29 is 4.74 Å². The van der Waals surface area contributed by atoms with Crippen LogP contribution in [0.4, 0.5) is 0 Å². The number of hydrogen-bond donors (Lipinski definition) is 0. The Hall–Kier alpha value is -2.09. The summed E-state index contributed by atoms with van der Waals surface area (Å²) >= 11 is 9.38. The molecule has 132 valence electrons. The lowest BCUT2D eigenvalue weighted by atomic mass is 10.2. The van der Waals surface area contributed by atoms with E-state index < -0.39 is 0 Å². The highest BCUT2D eigenvalue weighted by molar-refractivity contribution is 7.97. The maximum atomic E-state index is 6.11. The normalized spacial score (nSPS) is 11.1. The molecule has 0 N–H and O–H groups in total. The maximum Gasteiger partial charge on any atom is 0.234 e. The summed E-state index contributed by atoms with van der Waals surface area (Å²) in [5, 5.41) is 14.4. The summed E-state index contributed by atoms with van der Waals surface area (Å²) in [6.07, 6.45) is 0. The van der Waals surface area contributed by atoms with Gasteiger partial charge in [-0.2, -0.15) is 9.61 Å². The summed E-state index contributed by atoms with van der Waals surface area (Å²) in [6.45, 7) is 0.356. The van der Waals surface area contributed by atoms with Gasteiger partial charge >= 0.3 is 0 Å². The molecule has 0 amide bonds. The van der Waals surface area contributed by atoms with Crippen LogP contribution in [-0.4, -0.2) is 19.8 Å². The van der Waals surface area contributed by atoms with Gasteiger partial charge in [-0.05, 0) is 17.7 Å². The van der Waals surface area contributed by atoms with Crippen molar-refractivity contribution in [2.24, 2.45) is 0 Å². The van der Waals surface area contributed by atoms with Crippen LogP contribution >= 0.6 is 34.7 Å². The second-order valence-electron chi connectivity index (χ2n) is 5.50. The van der Waals surface area contributed by atoms with E-state index in [2.05, 4.69) is 39.6 Å². The van der Waals surface area contributed by atoms with Crippen molar-refractivity contribution in [3.63, 3.8) is 0 Å². The maximum absolute atomic E-state index is 6.11. The zero-order valence-corrected chi connectivity index (χ0v) is 16.1. The van der Waals surface area contributed by atoms with Crippen LogP contribution in [0.2, 0.25) is 5.02 Å². The van der Waals surface area contributed by atoms with Gasteiger partial charge in [-0.15, -0.1) is 22.0 Å². The van der Waals surface area contributed by atoms with Crippen LogP contribution < -0.4 is 4.74 Å². The number of para-hydroxylation sites is 1. The van der Waals surface area contributed by atoms with Crippen LogP contribution in [-0.2, 0) is 18.1 Å². The predicted molar refractivity (Wildman–Crippen MR) is 106 cm³/mol. The van der Waals surface area contributed by atoms with Gasteiger partial charge in [-0.1, -0.05) is 65.4 Å². The van der Waals surface area contributed by atoms with E-state index in [1.54, 1.807) is 22.3 Å². The van der Waals surface area contributed by atoms with E-state index >= 15 is 0 Å². The van der Waals surface area contributed by atoms with Gasteiger partial charge in [-0.25, -0.2) is 0 Å². The Bertz CT molecular complexity index is 1000. The van der Waals surface area contributed by atoms with Crippen molar-refractivity contribution in [3.05, 3.63) is 76.0 Å². The van der Waals surface area contributed by atoms with Gasteiger partial charge in [0.15, 0.2) is 10.8 Å². The molecule has 26 heavy (non-hydrogen) atoms. The third-order valence-electron chi connectivity index (χ3n) is 3.63. The number of thioether (sulfide) groups is 1. The van der Waals surface area contributed by atoms with Crippen LogP contribution in [0.3, 0.4) is 0 Å². The smallest absolute Gasteiger partial charge is 0.234 e. The summed E-state index contributed by atoms with van der Waals surface area (Å²) < 4.78 is 7.55. The first-order valence-corrected chi connectivity index (χ1v) is 10.3. The lowest BCUT2D eigenvalue weighted by Crippen LogP contribution is -1.99. The van der Waals surface area contributed by atoms with E-state index in [-0.39, 0.29) is 0 Å². The summed E-state index contributed by atoms with van der Waals surface area (Å²) in [5.41, 5.74) is 1.30. The standard InChI is InChI=1S/C18H15ClN4OS2/c19-14-8-4-5-9-15(14)24-10-17-22-23-16(20-21-18(23)26-17)12-25-11-13-6-2-1-3-7-13/h1-9H,10-12H2. The minimum atomic E-state index is 0.356. The summed E-state index contributed by atoms with van der Waals surface area (Å²) in [5.74, 6) is 3.19. The molecule has 2 heterocycles. The molecule has 0 unspecified atom stereocenters. The Labute approximate surface area is 164 Å². The average Bonchev–Trinajstić information content (AvgIpc) is 3.23. The van der Waals surface area contributed by atoms with Crippen LogP contribution in [0.15, 0.2) is 54.6 Å². The fourth-order valence-electron chi connectivity index (χ4n) is 2.38. The zero-order valence-electron chi connectivity index (χ0n) is 13.7. The molecule has 0 aliphatic carbocycles. The van der Waals surface area contributed by atoms with E-state index in [0.717, 1.165) is 27.3 Å². The number of ether oxygens (including phenoxy) is 1. The molecule has 0 aliphatic heterocycles. The number of rotatable bonds is 7. The SMILES string of the molecule is Clc1ccccc1OCc1nn2c(CSCc3ccccc3)nnc2s1. The van der Waals surface area contributed by atoms with Crippen LogP contribution in [0.1, 0.15) is 16.4 Å². The van der Waals surface area contributed by atoms with Crippen molar-refractivity contribution in [1.29, 1.82) is 0 Å². The van der Waals surface area contributed by atoms with E-state index in [1.165, 1.54) is 16.9 Å². The van der Waals surface area contributed by atoms with Gasteiger partial charge in [0.2, 0.25) is 4.96 Å². The molecule has 4 aromatic rings. The van der Waals surface area contributed by atoms with Crippen molar-refractivity contribution in [2.45, 2.75) is 18.1 Å². The molecule has 5 nitrogen and oxygen atoms in total. The van der Waals surface area contributed by atoms with Gasteiger partial charge in [0.25, 0.3) is 0 Å². The van der Waals surface area contributed by atoms with Gasteiger partial charge < -0.3 is 4.74 Å². The minimum absolute atomic E-state index is 0.356. The Morgan fingerprint density at radius 1 is 1.00 bits per heavy atom. The highest BCUT2D eigenvalue weighted by Gasteiger charge is 2.12. The van der Waals surface area contributed by atoms with Gasteiger partial charge in [0, 0.05) is 5.75 Å². The molecule has 2 aromatic heterocycles. The van der Waals surface area contributed by atoms with Crippen molar-refractivity contribution >= 4 is 39.7 Å². The number of fused-ring (bicyclic) bond motifs is 1. The van der Waals surface area contributed by atoms with Gasteiger partial charge in [0.05, 0.1) is 10.8 Å². The lowest BCUT2D eigenvalue weighted by Gasteiger charge is -2.04. The molecular formula is C18H15ClN4OS2. The highest BCUT2D eigenvalue weighted by Crippen LogP contribution is 2.25. The third-order valence-corrected chi connectivity index (χ3v) is 5.81. The van der Waals surface area contributed by atoms with Gasteiger partial charge in [-0.3, -0.25) is 0 Å². The Balaban J connectivity index is 1.39. The molecule has 0 atom stereocenters. The first-order chi connectivity index (χ1) is 12.8. The quantitative estimate of drug-likeness (QED) is 0.442. The summed E-state index contributed by atoms with van der Waals surface area (Å²) in [4.78, 5) is 0.776. The molecule has 0 radical (unpaired) electrons. The number of halogens is 1. The number of hydrogen-bond acceptors (Lipinski definition) is 6. The fourth-order valence-corrected chi connectivity index (χ4v) is 4.23. The van der Waals surface area contributed by atoms with Crippen LogP contribution in [0.5, 0.6) is 5.75 Å². The van der Waals surface area contributed by atoms with Crippen LogP contribution in [0, 0.1) is 0 Å². The van der Waals surface area contributed by atoms with Gasteiger partial charge in [0.1, 0.15) is 12.4 Å². The van der Waals surface area contributed by atoms with Crippen molar-refractivity contribution in [1.82, 2.24) is 19.8 Å². The number of nitrogens with zero attached hydrogens (tertiary/aromatic N) is 4. The molecule has 0 bridgehead atoms. The molecule has 8 heteroatoms. The molecule has 0 spiro atoms. The van der Waals surface area contributed by atoms with Crippen LogP contribution in [0.25, 0.3) is 4.96 Å². The van der Waals surface area contributed by atoms with E-state index in [9.17, 15) is 0 Å². The lowest BCUT2D eigenvalue weighted by molar-refractivity contribution is 0.304. The Morgan fingerprint density at radius 2 is 1.81 bits per heavy atom. The first kappa shape index (κ1) is 17.3. The Kier molecular flexibility index (Phi) is 5.38. The predicted octanol–water partition coefficient (Wildman–Crippen LogP) is 4.85. The third kappa shape index (κ3) is 4.00. The molecule has 2 aromatic carbocycles. The monoisotopic (exact) mass is 402 g/mol. The molecular weight excluding hydrogens is 388 g/mol. The highest BCUT2D eigenvalue weighted by atomic mass is 35.5. The molecule has 4 rings (SSSR count). The minimum Gasteiger partial charge on any atom is -0.485 e. The molecule has 0 saturated heterocycles. The van der Waals surface area contributed by atoms with Crippen molar-refractivity contribution in [3.8, 4) is 5.75 Å². The second-order valence-corrected chi connectivity index (χ2v) is 7.94. The first-order valence-electron chi connectivity index (χ1n) is 7.98. The Morgan fingerprint density at radius 3 is 2.65 bits per heavy atom. The zero-order chi connectivity index (χ0) is 17.8. The molecule has 0 saturated carbocycles. The molecule has 0 aliphatic rings. The fraction of sp³-hybridized carbons (Fsp3) is 0.167. The van der Waals surface area contributed by atoms with E-state index in [4.69, 9.17) is 16.3 Å². The second kappa shape index (κ2) is 8.07. The summed E-state index contributed by atoms with van der Waals surface area (Å²) in [6, 6.07) is 17.8. The average molecular weight is 403 g/mol. The largest absolute Gasteiger partial charge is 0.485 e. The van der Waals surface area contributed by atoms with E-state index in [0.29, 0.717) is 17.4 Å². The van der Waals surface area contributed by atoms with E-state index in [1.807, 2.05) is 24.3 Å². The molecule has 0 fully saturated rings. The number of aromatic nitrogens is 4.